The molecule has 0 spiro atoms. The van der Waals surface area contributed by atoms with Crippen LogP contribution in [-0.2, 0) is 15.9 Å². The minimum Gasteiger partial charge on any atom is -0.382 e. The van der Waals surface area contributed by atoms with Gasteiger partial charge in [0.15, 0.2) is 0 Å². The standard InChI is InChI=1S/C9H13BrN2O3/c1-14-4-5-15-3-2-8-11-6-7(10)9(13)12-8/h6H,2-5H2,1H3,(H,11,12,13). The van der Waals surface area contributed by atoms with E-state index >= 15 is 0 Å². The molecule has 84 valence electrons. The van der Waals surface area contributed by atoms with Gasteiger partial charge in [0.25, 0.3) is 5.56 Å². The Labute approximate surface area is 96.0 Å². The van der Waals surface area contributed by atoms with Crippen molar-refractivity contribution in [1.29, 1.82) is 0 Å². The number of aromatic nitrogens is 2. The lowest BCUT2D eigenvalue weighted by Crippen LogP contribution is -2.13. The quantitative estimate of drug-likeness (QED) is 0.779. The molecule has 0 aliphatic carbocycles. The van der Waals surface area contributed by atoms with E-state index in [-0.39, 0.29) is 5.56 Å². The smallest absolute Gasteiger partial charge is 0.265 e. The largest absolute Gasteiger partial charge is 0.382 e. The van der Waals surface area contributed by atoms with Gasteiger partial charge in [-0.05, 0) is 15.9 Å². The topological polar surface area (TPSA) is 64.2 Å². The molecule has 1 aromatic heterocycles. The molecule has 1 rings (SSSR count). The van der Waals surface area contributed by atoms with E-state index < -0.39 is 0 Å². The van der Waals surface area contributed by atoms with E-state index in [1.165, 1.54) is 6.20 Å². The predicted molar refractivity (Wildman–Crippen MR) is 59.0 cm³/mol. The molecule has 1 heterocycles. The summed E-state index contributed by atoms with van der Waals surface area (Å²) < 4.78 is 10.5. The summed E-state index contributed by atoms with van der Waals surface area (Å²) in [4.78, 5) is 17.9. The first kappa shape index (κ1) is 12.4. The normalized spacial score (nSPS) is 10.5. The summed E-state index contributed by atoms with van der Waals surface area (Å²) in [5.41, 5.74) is -0.170. The average molecular weight is 277 g/mol. The van der Waals surface area contributed by atoms with E-state index in [1.54, 1.807) is 7.11 Å². The minimum absolute atomic E-state index is 0.170. The number of ether oxygens (including phenoxy) is 2. The van der Waals surface area contributed by atoms with Crippen LogP contribution in [0.25, 0.3) is 0 Å². The Balaban J connectivity index is 2.32. The van der Waals surface area contributed by atoms with Crippen LogP contribution in [0.1, 0.15) is 5.82 Å². The number of rotatable bonds is 6. The third-order valence-electron chi connectivity index (χ3n) is 1.72. The van der Waals surface area contributed by atoms with Crippen LogP contribution in [0.2, 0.25) is 0 Å². The highest BCUT2D eigenvalue weighted by Crippen LogP contribution is 1.98. The Morgan fingerprint density at radius 3 is 2.93 bits per heavy atom. The summed E-state index contributed by atoms with van der Waals surface area (Å²) in [5.74, 6) is 0.626. The molecule has 0 amide bonds. The van der Waals surface area contributed by atoms with Crippen molar-refractivity contribution in [1.82, 2.24) is 9.97 Å². The molecule has 0 atom stereocenters. The highest BCUT2D eigenvalue weighted by atomic mass is 79.9. The van der Waals surface area contributed by atoms with Crippen LogP contribution < -0.4 is 5.56 Å². The molecule has 0 aliphatic heterocycles. The van der Waals surface area contributed by atoms with Crippen molar-refractivity contribution >= 4 is 15.9 Å². The maximum Gasteiger partial charge on any atom is 0.265 e. The third kappa shape index (κ3) is 4.55. The van der Waals surface area contributed by atoms with E-state index in [4.69, 9.17) is 9.47 Å². The molecule has 0 radical (unpaired) electrons. The molecule has 5 nitrogen and oxygen atoms in total. The number of H-pyrrole nitrogens is 1. The van der Waals surface area contributed by atoms with Crippen LogP contribution in [-0.4, -0.2) is 36.9 Å². The maximum atomic E-state index is 11.2. The first-order valence-corrected chi connectivity index (χ1v) is 5.33. The molecule has 0 unspecified atom stereocenters. The zero-order chi connectivity index (χ0) is 11.1. The number of hydrogen-bond donors (Lipinski definition) is 1. The predicted octanol–water partition coefficient (Wildman–Crippen LogP) is 0.738. The number of nitrogens with one attached hydrogen (secondary N) is 1. The molecule has 0 saturated carbocycles. The van der Waals surface area contributed by atoms with Crippen LogP contribution >= 0.6 is 15.9 Å². The van der Waals surface area contributed by atoms with Crippen LogP contribution in [0.15, 0.2) is 15.5 Å². The Bertz CT molecular complexity index is 353. The van der Waals surface area contributed by atoms with Gasteiger partial charge in [0.1, 0.15) is 10.3 Å². The zero-order valence-electron chi connectivity index (χ0n) is 8.46. The molecular weight excluding hydrogens is 264 g/mol. The minimum atomic E-state index is -0.170. The fourth-order valence-corrected chi connectivity index (χ4v) is 1.16. The fourth-order valence-electron chi connectivity index (χ4n) is 0.956. The Morgan fingerprint density at radius 1 is 1.47 bits per heavy atom. The summed E-state index contributed by atoms with van der Waals surface area (Å²) in [7, 11) is 1.62. The van der Waals surface area contributed by atoms with Crippen molar-refractivity contribution in [3.63, 3.8) is 0 Å². The highest BCUT2D eigenvalue weighted by molar-refractivity contribution is 9.10. The number of halogens is 1. The number of nitrogens with zero attached hydrogens (tertiary/aromatic N) is 1. The molecule has 0 aliphatic rings. The van der Waals surface area contributed by atoms with Crippen molar-refractivity contribution in [2.45, 2.75) is 6.42 Å². The lowest BCUT2D eigenvalue weighted by Gasteiger charge is -2.02. The number of hydrogen-bond acceptors (Lipinski definition) is 4. The van der Waals surface area contributed by atoms with Gasteiger partial charge < -0.3 is 14.5 Å². The van der Waals surface area contributed by atoms with Gasteiger partial charge in [-0.1, -0.05) is 0 Å². The van der Waals surface area contributed by atoms with Crippen LogP contribution in [0.3, 0.4) is 0 Å². The first-order valence-electron chi connectivity index (χ1n) is 4.54. The van der Waals surface area contributed by atoms with E-state index in [1.807, 2.05) is 0 Å². The number of methoxy groups -OCH3 is 1. The van der Waals surface area contributed by atoms with Crippen LogP contribution in [0.5, 0.6) is 0 Å². The zero-order valence-corrected chi connectivity index (χ0v) is 10.0. The van der Waals surface area contributed by atoms with E-state index in [0.717, 1.165) is 0 Å². The number of aromatic amines is 1. The second-order valence-corrected chi connectivity index (χ2v) is 3.72. The third-order valence-corrected chi connectivity index (χ3v) is 2.29. The summed E-state index contributed by atoms with van der Waals surface area (Å²) >= 11 is 3.08. The second kappa shape index (κ2) is 6.71. The molecule has 0 aromatic carbocycles. The van der Waals surface area contributed by atoms with Crippen molar-refractivity contribution < 1.29 is 9.47 Å². The Kier molecular flexibility index (Phi) is 5.52. The first-order chi connectivity index (χ1) is 7.24. The summed E-state index contributed by atoms with van der Waals surface area (Å²) in [6, 6.07) is 0. The molecule has 0 fully saturated rings. The van der Waals surface area contributed by atoms with Crippen LogP contribution in [0.4, 0.5) is 0 Å². The fraction of sp³-hybridized carbons (Fsp3) is 0.556. The summed E-state index contributed by atoms with van der Waals surface area (Å²) in [6.07, 6.45) is 2.08. The van der Waals surface area contributed by atoms with Gasteiger partial charge in [-0.3, -0.25) is 4.79 Å². The molecular formula is C9H13BrN2O3. The lowest BCUT2D eigenvalue weighted by atomic mass is 10.4. The van der Waals surface area contributed by atoms with Crippen molar-refractivity contribution in [3.05, 3.63) is 26.8 Å². The van der Waals surface area contributed by atoms with Crippen molar-refractivity contribution in [2.24, 2.45) is 0 Å². The SMILES string of the molecule is COCCOCCc1ncc(Br)c(=O)[nH]1. The van der Waals surface area contributed by atoms with Gasteiger partial charge in [0.05, 0.1) is 19.8 Å². The van der Waals surface area contributed by atoms with Crippen molar-refractivity contribution in [2.75, 3.05) is 26.9 Å². The van der Waals surface area contributed by atoms with Crippen LogP contribution in [0, 0.1) is 0 Å². The van der Waals surface area contributed by atoms with E-state index in [2.05, 4.69) is 25.9 Å². The van der Waals surface area contributed by atoms with Gasteiger partial charge >= 0.3 is 0 Å². The Morgan fingerprint density at radius 2 is 2.27 bits per heavy atom. The van der Waals surface area contributed by atoms with E-state index in [0.29, 0.717) is 36.5 Å². The molecule has 0 saturated heterocycles. The highest BCUT2D eigenvalue weighted by Gasteiger charge is 1.99. The molecule has 1 N–H and O–H groups in total. The molecule has 1 aromatic rings. The summed E-state index contributed by atoms with van der Waals surface area (Å²) in [6.45, 7) is 1.65. The van der Waals surface area contributed by atoms with Crippen molar-refractivity contribution in [3.8, 4) is 0 Å². The molecule has 6 heteroatoms. The van der Waals surface area contributed by atoms with Gasteiger partial charge in [0.2, 0.25) is 0 Å². The van der Waals surface area contributed by atoms with Gasteiger partial charge in [-0.2, -0.15) is 0 Å². The second-order valence-electron chi connectivity index (χ2n) is 2.86. The molecule has 0 bridgehead atoms. The monoisotopic (exact) mass is 276 g/mol. The Hall–Kier alpha value is -0.720. The maximum absolute atomic E-state index is 11.2. The van der Waals surface area contributed by atoms with E-state index in [9.17, 15) is 4.79 Å². The van der Waals surface area contributed by atoms with Gasteiger partial charge in [0, 0.05) is 19.7 Å². The average Bonchev–Trinajstić information content (AvgIpc) is 2.23. The van der Waals surface area contributed by atoms with Gasteiger partial charge in [-0.15, -0.1) is 0 Å². The lowest BCUT2D eigenvalue weighted by molar-refractivity contribution is 0.0716. The van der Waals surface area contributed by atoms with Gasteiger partial charge in [-0.25, -0.2) is 4.98 Å². The summed E-state index contributed by atoms with van der Waals surface area (Å²) in [5, 5.41) is 0. The molecule has 15 heavy (non-hydrogen) atoms.